The van der Waals surface area contributed by atoms with Crippen LogP contribution >= 0.6 is 0 Å². The lowest BCUT2D eigenvalue weighted by atomic mass is 10.1. The van der Waals surface area contributed by atoms with Crippen LogP contribution in [-0.4, -0.2) is 43.7 Å². The molecule has 1 aromatic carbocycles. The molecule has 0 spiro atoms. The van der Waals surface area contributed by atoms with Crippen LogP contribution in [0.3, 0.4) is 0 Å². The van der Waals surface area contributed by atoms with Crippen LogP contribution in [-0.2, 0) is 11.3 Å². The fraction of sp³-hybridized carbons (Fsp3) is 0.588. The van der Waals surface area contributed by atoms with Crippen molar-refractivity contribution in [3.63, 3.8) is 0 Å². The number of nitrogens with one attached hydrogen (secondary N) is 1. The summed E-state index contributed by atoms with van der Waals surface area (Å²) in [4.78, 5) is 6.74. The monoisotopic (exact) mass is 289 g/mol. The van der Waals surface area contributed by atoms with E-state index in [0.717, 1.165) is 45.0 Å². The highest BCUT2D eigenvalue weighted by Gasteiger charge is 2.21. The largest absolute Gasteiger partial charge is 0.378 e. The molecule has 0 atom stereocenters. The number of likely N-dealkylation sites (tertiary alicyclic amines) is 1. The fourth-order valence-corrected chi connectivity index (χ4v) is 2.81. The molecular weight excluding hydrogens is 262 g/mol. The van der Waals surface area contributed by atoms with Crippen LogP contribution in [0.2, 0.25) is 0 Å². The average Bonchev–Trinajstić information content (AvgIpc) is 2.50. The molecule has 1 fully saturated rings. The highest BCUT2D eigenvalue weighted by molar-refractivity contribution is 5.79. The Bertz CT molecular complexity index is 465. The number of ether oxygens (including phenoxy) is 1. The molecular formula is C17H27N3O. The molecule has 1 aliphatic rings. The number of aryl methyl sites for hydroxylation is 1. The first kappa shape index (κ1) is 15.8. The molecule has 4 nitrogen and oxygen atoms in total. The van der Waals surface area contributed by atoms with E-state index in [9.17, 15) is 0 Å². The predicted molar refractivity (Wildman–Crippen MR) is 87.6 cm³/mol. The molecule has 0 bridgehead atoms. The predicted octanol–water partition coefficient (Wildman–Crippen LogP) is 2.57. The van der Waals surface area contributed by atoms with E-state index < -0.39 is 0 Å². The topological polar surface area (TPSA) is 36.9 Å². The van der Waals surface area contributed by atoms with Crippen molar-refractivity contribution in [2.75, 3.05) is 26.7 Å². The minimum atomic E-state index is 0.418. The molecule has 0 unspecified atom stereocenters. The van der Waals surface area contributed by atoms with E-state index in [4.69, 9.17) is 4.74 Å². The number of nitrogens with zero attached hydrogens (tertiary/aromatic N) is 2. The van der Waals surface area contributed by atoms with Gasteiger partial charge in [-0.05, 0) is 32.3 Å². The second kappa shape index (κ2) is 8.03. The van der Waals surface area contributed by atoms with Gasteiger partial charge in [-0.2, -0.15) is 0 Å². The van der Waals surface area contributed by atoms with Crippen molar-refractivity contribution in [3.05, 3.63) is 35.4 Å². The molecule has 1 aromatic rings. The normalized spacial score (nSPS) is 17.1. The minimum Gasteiger partial charge on any atom is -0.378 e. The zero-order valence-electron chi connectivity index (χ0n) is 13.4. The first-order chi connectivity index (χ1) is 10.2. The maximum atomic E-state index is 5.70. The van der Waals surface area contributed by atoms with Gasteiger partial charge in [-0.1, -0.05) is 29.8 Å². The van der Waals surface area contributed by atoms with Crippen LogP contribution in [0.4, 0.5) is 0 Å². The van der Waals surface area contributed by atoms with Gasteiger partial charge in [-0.3, -0.25) is 4.99 Å². The van der Waals surface area contributed by atoms with Crippen molar-refractivity contribution in [3.8, 4) is 0 Å². The highest BCUT2D eigenvalue weighted by atomic mass is 16.5. The third-order valence-electron chi connectivity index (χ3n) is 3.89. The molecule has 0 aromatic heterocycles. The Labute approximate surface area is 128 Å². The van der Waals surface area contributed by atoms with Crippen molar-refractivity contribution in [1.29, 1.82) is 0 Å². The van der Waals surface area contributed by atoms with Crippen molar-refractivity contribution >= 4 is 5.96 Å². The summed E-state index contributed by atoms with van der Waals surface area (Å²) >= 11 is 0. The van der Waals surface area contributed by atoms with Gasteiger partial charge in [0, 0.05) is 33.3 Å². The average molecular weight is 289 g/mol. The number of benzene rings is 1. The molecule has 1 heterocycles. The summed E-state index contributed by atoms with van der Waals surface area (Å²) in [6.45, 7) is 7.84. The quantitative estimate of drug-likeness (QED) is 0.684. The number of aliphatic imine (C=N–C) groups is 1. The van der Waals surface area contributed by atoms with Gasteiger partial charge in [0.25, 0.3) is 0 Å². The van der Waals surface area contributed by atoms with Crippen LogP contribution < -0.4 is 5.32 Å². The van der Waals surface area contributed by atoms with E-state index in [1.165, 1.54) is 11.1 Å². The Kier molecular flexibility index (Phi) is 6.05. The van der Waals surface area contributed by atoms with Crippen LogP contribution in [0.25, 0.3) is 0 Å². The van der Waals surface area contributed by atoms with Crippen LogP contribution in [0.1, 0.15) is 30.9 Å². The summed E-state index contributed by atoms with van der Waals surface area (Å²) in [5.74, 6) is 0.992. The molecule has 21 heavy (non-hydrogen) atoms. The van der Waals surface area contributed by atoms with Gasteiger partial charge < -0.3 is 15.0 Å². The third-order valence-corrected chi connectivity index (χ3v) is 3.89. The summed E-state index contributed by atoms with van der Waals surface area (Å²) in [6.07, 6.45) is 2.58. The zero-order chi connectivity index (χ0) is 15.1. The lowest BCUT2D eigenvalue weighted by molar-refractivity contribution is 0.0263. The Morgan fingerprint density at radius 3 is 2.76 bits per heavy atom. The molecule has 2 rings (SSSR count). The molecule has 4 heteroatoms. The summed E-state index contributed by atoms with van der Waals surface area (Å²) in [7, 11) is 1.85. The molecule has 1 saturated heterocycles. The Morgan fingerprint density at radius 1 is 1.38 bits per heavy atom. The molecule has 0 aliphatic carbocycles. The highest BCUT2D eigenvalue weighted by Crippen LogP contribution is 2.14. The van der Waals surface area contributed by atoms with E-state index in [-0.39, 0.29) is 0 Å². The number of hydrogen-bond donors (Lipinski definition) is 1. The lowest BCUT2D eigenvalue weighted by Gasteiger charge is -2.34. The van der Waals surface area contributed by atoms with Crippen LogP contribution in [0.5, 0.6) is 0 Å². The number of guanidine groups is 1. The van der Waals surface area contributed by atoms with Crippen LogP contribution in [0, 0.1) is 6.92 Å². The Balaban J connectivity index is 1.84. The van der Waals surface area contributed by atoms with Gasteiger partial charge in [-0.25, -0.2) is 0 Å². The number of piperidine rings is 1. The van der Waals surface area contributed by atoms with Gasteiger partial charge in [0.05, 0.1) is 6.10 Å². The number of rotatable bonds is 4. The van der Waals surface area contributed by atoms with E-state index in [1.807, 2.05) is 7.05 Å². The summed E-state index contributed by atoms with van der Waals surface area (Å²) in [6, 6.07) is 8.58. The van der Waals surface area contributed by atoms with Crippen molar-refractivity contribution in [2.24, 2.45) is 4.99 Å². The van der Waals surface area contributed by atoms with E-state index in [0.29, 0.717) is 6.10 Å². The molecule has 1 N–H and O–H groups in total. The second-order valence-electron chi connectivity index (χ2n) is 5.53. The molecule has 0 saturated carbocycles. The van der Waals surface area contributed by atoms with Crippen molar-refractivity contribution < 1.29 is 4.74 Å². The lowest BCUT2D eigenvalue weighted by Crippen LogP contribution is -2.46. The fourth-order valence-electron chi connectivity index (χ4n) is 2.81. The summed E-state index contributed by atoms with van der Waals surface area (Å²) in [5.41, 5.74) is 2.59. The second-order valence-corrected chi connectivity index (χ2v) is 5.53. The van der Waals surface area contributed by atoms with Crippen LogP contribution in [0.15, 0.2) is 29.3 Å². The zero-order valence-corrected chi connectivity index (χ0v) is 13.4. The summed E-state index contributed by atoms with van der Waals surface area (Å²) < 4.78 is 5.70. The number of hydrogen-bond acceptors (Lipinski definition) is 2. The first-order valence-electron chi connectivity index (χ1n) is 7.85. The Morgan fingerprint density at radius 2 is 2.14 bits per heavy atom. The van der Waals surface area contributed by atoms with Crippen molar-refractivity contribution in [2.45, 2.75) is 39.3 Å². The van der Waals surface area contributed by atoms with E-state index >= 15 is 0 Å². The maximum absolute atomic E-state index is 5.70. The molecule has 0 radical (unpaired) electrons. The van der Waals surface area contributed by atoms with E-state index in [2.05, 4.69) is 53.3 Å². The molecule has 1 aliphatic heterocycles. The van der Waals surface area contributed by atoms with Gasteiger partial charge >= 0.3 is 0 Å². The van der Waals surface area contributed by atoms with E-state index in [1.54, 1.807) is 0 Å². The SMILES string of the molecule is CCOC1CCN(C(=NC)NCc2cccc(C)c2)CC1. The standard InChI is InChI=1S/C17H27N3O/c1-4-21-16-8-10-20(11-9-16)17(18-3)19-13-15-7-5-6-14(2)12-15/h5-7,12,16H,4,8-11,13H2,1-3H3,(H,18,19). The molecule has 0 amide bonds. The Hall–Kier alpha value is -1.55. The van der Waals surface area contributed by atoms with Gasteiger partial charge in [0.2, 0.25) is 0 Å². The molecule has 116 valence electrons. The summed E-state index contributed by atoms with van der Waals surface area (Å²) in [5, 5.41) is 3.46. The third kappa shape index (κ3) is 4.74. The van der Waals surface area contributed by atoms with Crippen molar-refractivity contribution in [1.82, 2.24) is 10.2 Å². The van der Waals surface area contributed by atoms with Gasteiger partial charge in [0.1, 0.15) is 0 Å². The van der Waals surface area contributed by atoms with Gasteiger partial charge in [0.15, 0.2) is 5.96 Å². The van der Waals surface area contributed by atoms with Gasteiger partial charge in [-0.15, -0.1) is 0 Å². The smallest absolute Gasteiger partial charge is 0.193 e. The first-order valence-corrected chi connectivity index (χ1v) is 7.85. The maximum Gasteiger partial charge on any atom is 0.193 e. The minimum absolute atomic E-state index is 0.418.